The number of hydrogen-bond donors (Lipinski definition) is 2. The van der Waals surface area contributed by atoms with Gasteiger partial charge in [0.25, 0.3) is 0 Å². The standard InChI is InChI=1S/C18H16O4/c1-11-7-3-5-9-13(11)15(17(19)20)16(18(21)22)14-10-6-4-8-12(14)2/h3-10H,1-2H3,(H,19,20)(H,21,22)/b16-15+. The zero-order valence-electron chi connectivity index (χ0n) is 12.3. The van der Waals surface area contributed by atoms with Gasteiger partial charge in [-0.15, -0.1) is 0 Å². The third-order valence-corrected chi connectivity index (χ3v) is 3.51. The third-order valence-electron chi connectivity index (χ3n) is 3.51. The Hall–Kier alpha value is -2.88. The van der Waals surface area contributed by atoms with E-state index in [2.05, 4.69) is 0 Å². The maximum absolute atomic E-state index is 11.8. The minimum absolute atomic E-state index is 0.195. The van der Waals surface area contributed by atoms with E-state index in [1.807, 2.05) is 0 Å². The first-order valence-electron chi connectivity index (χ1n) is 6.76. The molecule has 0 saturated carbocycles. The predicted molar refractivity (Wildman–Crippen MR) is 84.4 cm³/mol. The fourth-order valence-electron chi connectivity index (χ4n) is 2.42. The predicted octanol–water partition coefficient (Wildman–Crippen LogP) is 3.38. The minimum atomic E-state index is -1.25. The number of carbonyl (C=O) groups is 2. The maximum Gasteiger partial charge on any atom is 0.337 e. The van der Waals surface area contributed by atoms with Crippen LogP contribution in [0.1, 0.15) is 22.3 Å². The Morgan fingerprint density at radius 1 is 0.682 bits per heavy atom. The number of hydrogen-bond acceptors (Lipinski definition) is 2. The molecule has 0 aliphatic heterocycles. The number of rotatable bonds is 4. The highest BCUT2D eigenvalue weighted by Gasteiger charge is 2.25. The fraction of sp³-hybridized carbons (Fsp3) is 0.111. The van der Waals surface area contributed by atoms with Crippen molar-refractivity contribution in [2.75, 3.05) is 0 Å². The van der Waals surface area contributed by atoms with Crippen LogP contribution in [0.5, 0.6) is 0 Å². The highest BCUT2D eigenvalue weighted by atomic mass is 16.4. The van der Waals surface area contributed by atoms with E-state index in [0.717, 1.165) is 0 Å². The van der Waals surface area contributed by atoms with Crippen molar-refractivity contribution in [1.82, 2.24) is 0 Å². The molecule has 2 aromatic carbocycles. The molecule has 0 fully saturated rings. The van der Waals surface area contributed by atoms with Gasteiger partial charge in [-0.1, -0.05) is 48.5 Å². The molecule has 0 unspecified atom stereocenters. The monoisotopic (exact) mass is 296 g/mol. The highest BCUT2D eigenvalue weighted by Crippen LogP contribution is 2.30. The molecular weight excluding hydrogens is 280 g/mol. The Morgan fingerprint density at radius 2 is 1.00 bits per heavy atom. The summed E-state index contributed by atoms with van der Waals surface area (Å²) in [5, 5.41) is 19.2. The average Bonchev–Trinajstić information content (AvgIpc) is 2.46. The number of benzene rings is 2. The van der Waals surface area contributed by atoms with Gasteiger partial charge in [0.2, 0.25) is 0 Å². The zero-order chi connectivity index (χ0) is 16.3. The molecule has 0 amide bonds. The van der Waals surface area contributed by atoms with Crippen LogP contribution < -0.4 is 0 Å². The SMILES string of the molecule is Cc1ccccc1/C(C(=O)O)=C(\C(=O)O)c1ccccc1C. The van der Waals surface area contributed by atoms with Gasteiger partial charge in [-0.05, 0) is 36.1 Å². The first-order valence-corrected chi connectivity index (χ1v) is 6.76. The second-order valence-corrected chi connectivity index (χ2v) is 4.99. The number of carboxylic acids is 2. The van der Waals surface area contributed by atoms with Crippen LogP contribution in [-0.4, -0.2) is 22.2 Å². The summed E-state index contributed by atoms with van der Waals surface area (Å²) in [5.41, 5.74) is 1.87. The molecule has 0 spiro atoms. The van der Waals surface area contributed by atoms with Crippen LogP contribution >= 0.6 is 0 Å². The molecule has 2 aromatic rings. The number of aryl methyl sites for hydroxylation is 2. The summed E-state index contributed by atoms with van der Waals surface area (Å²) in [4.78, 5) is 23.5. The summed E-state index contributed by atoms with van der Waals surface area (Å²) in [6.45, 7) is 3.52. The quantitative estimate of drug-likeness (QED) is 0.670. The number of carboxylic acid groups (broad SMARTS) is 2. The van der Waals surface area contributed by atoms with Crippen LogP contribution in [0.4, 0.5) is 0 Å². The van der Waals surface area contributed by atoms with Crippen LogP contribution in [0.3, 0.4) is 0 Å². The summed E-state index contributed by atoms with van der Waals surface area (Å²) >= 11 is 0. The van der Waals surface area contributed by atoms with Gasteiger partial charge in [-0.25, -0.2) is 9.59 Å². The molecule has 0 saturated heterocycles. The lowest BCUT2D eigenvalue weighted by Gasteiger charge is -2.13. The van der Waals surface area contributed by atoms with Gasteiger partial charge in [0.15, 0.2) is 0 Å². The minimum Gasteiger partial charge on any atom is -0.478 e. The molecule has 0 heterocycles. The average molecular weight is 296 g/mol. The van der Waals surface area contributed by atoms with E-state index in [9.17, 15) is 19.8 Å². The molecular formula is C18H16O4. The molecule has 0 radical (unpaired) electrons. The Bertz CT molecular complexity index is 707. The maximum atomic E-state index is 11.8. The molecule has 4 heteroatoms. The summed E-state index contributed by atoms with van der Waals surface area (Å²) in [7, 11) is 0. The summed E-state index contributed by atoms with van der Waals surface area (Å²) in [6, 6.07) is 13.7. The van der Waals surface area contributed by atoms with Gasteiger partial charge in [-0.2, -0.15) is 0 Å². The topological polar surface area (TPSA) is 74.6 Å². The van der Waals surface area contributed by atoms with Crippen LogP contribution in [0.15, 0.2) is 48.5 Å². The van der Waals surface area contributed by atoms with Crippen molar-refractivity contribution >= 4 is 23.1 Å². The van der Waals surface area contributed by atoms with Gasteiger partial charge in [0, 0.05) is 0 Å². The lowest BCUT2D eigenvalue weighted by Crippen LogP contribution is -2.11. The lowest BCUT2D eigenvalue weighted by molar-refractivity contribution is -0.132. The molecule has 2 rings (SSSR count). The van der Waals surface area contributed by atoms with Crippen molar-refractivity contribution in [3.8, 4) is 0 Å². The molecule has 4 nitrogen and oxygen atoms in total. The second kappa shape index (κ2) is 6.26. The van der Waals surface area contributed by atoms with E-state index in [-0.39, 0.29) is 11.1 Å². The molecule has 0 aromatic heterocycles. The van der Waals surface area contributed by atoms with E-state index in [1.54, 1.807) is 62.4 Å². The van der Waals surface area contributed by atoms with Crippen LogP contribution in [0.2, 0.25) is 0 Å². The van der Waals surface area contributed by atoms with Gasteiger partial charge < -0.3 is 10.2 Å². The Kier molecular flexibility index (Phi) is 4.41. The van der Waals surface area contributed by atoms with Crippen LogP contribution in [-0.2, 0) is 9.59 Å². The summed E-state index contributed by atoms with van der Waals surface area (Å²) < 4.78 is 0. The van der Waals surface area contributed by atoms with Gasteiger partial charge in [-0.3, -0.25) is 0 Å². The van der Waals surface area contributed by atoms with Crippen LogP contribution in [0.25, 0.3) is 11.1 Å². The zero-order valence-corrected chi connectivity index (χ0v) is 12.3. The highest BCUT2D eigenvalue weighted by molar-refractivity contribution is 6.36. The first-order chi connectivity index (χ1) is 10.4. The van der Waals surface area contributed by atoms with Crippen molar-refractivity contribution in [3.05, 3.63) is 70.8 Å². The third kappa shape index (κ3) is 2.91. The molecule has 112 valence electrons. The smallest absolute Gasteiger partial charge is 0.337 e. The lowest BCUT2D eigenvalue weighted by atomic mass is 9.90. The first kappa shape index (κ1) is 15.5. The Labute approximate surface area is 128 Å². The van der Waals surface area contributed by atoms with Gasteiger partial charge in [0.1, 0.15) is 0 Å². The Balaban J connectivity index is 2.87. The largest absolute Gasteiger partial charge is 0.478 e. The molecule has 0 aliphatic rings. The molecule has 0 bridgehead atoms. The molecule has 0 atom stereocenters. The molecule has 22 heavy (non-hydrogen) atoms. The summed E-state index contributed by atoms with van der Waals surface area (Å²) in [5.74, 6) is -2.51. The Morgan fingerprint density at radius 3 is 1.27 bits per heavy atom. The van der Waals surface area contributed by atoms with E-state index in [4.69, 9.17) is 0 Å². The van der Waals surface area contributed by atoms with E-state index in [1.165, 1.54) is 0 Å². The van der Waals surface area contributed by atoms with Crippen molar-refractivity contribution in [1.29, 1.82) is 0 Å². The number of aliphatic carboxylic acids is 2. The van der Waals surface area contributed by atoms with Crippen molar-refractivity contribution in [3.63, 3.8) is 0 Å². The normalized spacial score (nSPS) is 11.7. The molecule has 0 aliphatic carbocycles. The van der Waals surface area contributed by atoms with Gasteiger partial charge in [0.05, 0.1) is 11.1 Å². The van der Waals surface area contributed by atoms with Crippen molar-refractivity contribution in [2.24, 2.45) is 0 Å². The van der Waals surface area contributed by atoms with E-state index < -0.39 is 11.9 Å². The molecule has 2 N–H and O–H groups in total. The van der Waals surface area contributed by atoms with Gasteiger partial charge >= 0.3 is 11.9 Å². The van der Waals surface area contributed by atoms with Crippen molar-refractivity contribution < 1.29 is 19.8 Å². The fourth-order valence-corrected chi connectivity index (χ4v) is 2.42. The van der Waals surface area contributed by atoms with Crippen LogP contribution in [0, 0.1) is 13.8 Å². The van der Waals surface area contributed by atoms with Crippen molar-refractivity contribution in [2.45, 2.75) is 13.8 Å². The van der Waals surface area contributed by atoms with E-state index in [0.29, 0.717) is 22.3 Å². The van der Waals surface area contributed by atoms with E-state index >= 15 is 0 Å². The summed E-state index contributed by atoms with van der Waals surface area (Å²) in [6.07, 6.45) is 0. The second-order valence-electron chi connectivity index (χ2n) is 4.99.